The quantitative estimate of drug-likeness (QED) is 0.656. The van der Waals surface area contributed by atoms with E-state index in [2.05, 4.69) is 15.9 Å². The molecule has 1 N–H and O–H groups in total. The van der Waals surface area contributed by atoms with Gasteiger partial charge in [-0.15, -0.1) is 0 Å². The monoisotopic (exact) mass is 330 g/mol. The average Bonchev–Trinajstić information content (AvgIpc) is 2.44. The third-order valence-corrected chi connectivity index (χ3v) is 3.79. The number of rotatable bonds is 3. The minimum atomic E-state index is -0.200. The number of ketones is 1. The second-order valence-electron chi connectivity index (χ2n) is 4.65. The Labute approximate surface area is 126 Å². The molecule has 0 heterocycles. The van der Waals surface area contributed by atoms with Crippen molar-refractivity contribution in [1.82, 2.24) is 0 Å². The number of hydrogen-bond donors (Lipinski definition) is 1. The molecule has 0 aliphatic carbocycles. The first-order valence-corrected chi connectivity index (χ1v) is 7.05. The summed E-state index contributed by atoms with van der Waals surface area (Å²) in [7, 11) is 0. The van der Waals surface area contributed by atoms with Gasteiger partial charge < -0.3 is 5.11 Å². The third-order valence-electron chi connectivity index (χ3n) is 3.26. The van der Waals surface area contributed by atoms with Crippen LogP contribution in [0.15, 0.2) is 46.9 Å². The van der Waals surface area contributed by atoms with E-state index in [-0.39, 0.29) is 11.5 Å². The summed E-state index contributed by atoms with van der Waals surface area (Å²) in [6.07, 6.45) is 3.22. The number of benzene rings is 2. The van der Waals surface area contributed by atoms with Crippen LogP contribution in [-0.4, -0.2) is 10.9 Å². The molecule has 0 aromatic heterocycles. The predicted molar refractivity (Wildman–Crippen MR) is 85.1 cm³/mol. The highest BCUT2D eigenvalue weighted by Gasteiger charge is 2.11. The van der Waals surface area contributed by atoms with Gasteiger partial charge in [0, 0.05) is 4.47 Å². The van der Waals surface area contributed by atoms with Gasteiger partial charge in [-0.1, -0.05) is 40.2 Å². The van der Waals surface area contributed by atoms with E-state index in [1.165, 1.54) is 6.08 Å². The van der Waals surface area contributed by atoms with E-state index in [9.17, 15) is 9.90 Å². The summed E-state index contributed by atoms with van der Waals surface area (Å²) in [5.74, 6) is -0.135. The highest BCUT2D eigenvalue weighted by atomic mass is 79.9. The molecule has 2 aromatic carbocycles. The van der Waals surface area contributed by atoms with E-state index in [4.69, 9.17) is 0 Å². The lowest BCUT2D eigenvalue weighted by Crippen LogP contribution is -1.97. The maximum atomic E-state index is 12.1. The van der Waals surface area contributed by atoms with E-state index in [1.54, 1.807) is 19.1 Å². The molecule has 102 valence electrons. The highest BCUT2D eigenvalue weighted by Crippen LogP contribution is 2.25. The SMILES string of the molecule is Cc1ccc(C(=O)C=Cc2ccc(Br)cc2)c(O)c1C. The lowest BCUT2D eigenvalue weighted by atomic mass is 10.0. The van der Waals surface area contributed by atoms with Crippen LogP contribution in [0.2, 0.25) is 0 Å². The van der Waals surface area contributed by atoms with Gasteiger partial charge in [0.2, 0.25) is 0 Å². The van der Waals surface area contributed by atoms with Gasteiger partial charge in [0.25, 0.3) is 0 Å². The second kappa shape index (κ2) is 6.06. The molecule has 2 rings (SSSR count). The Morgan fingerprint density at radius 1 is 1.10 bits per heavy atom. The number of carbonyl (C=O) groups excluding carboxylic acids is 1. The van der Waals surface area contributed by atoms with Gasteiger partial charge in [0.1, 0.15) is 5.75 Å². The molecule has 0 aliphatic heterocycles. The normalized spacial score (nSPS) is 10.9. The molecule has 2 nitrogen and oxygen atoms in total. The molecule has 0 amide bonds. The summed E-state index contributed by atoms with van der Waals surface area (Å²) in [5.41, 5.74) is 2.98. The Balaban J connectivity index is 2.24. The number of halogens is 1. The van der Waals surface area contributed by atoms with E-state index in [1.807, 2.05) is 37.3 Å². The fraction of sp³-hybridized carbons (Fsp3) is 0.118. The van der Waals surface area contributed by atoms with Crippen LogP contribution >= 0.6 is 15.9 Å². The number of aromatic hydroxyl groups is 1. The zero-order chi connectivity index (χ0) is 14.7. The largest absolute Gasteiger partial charge is 0.507 e. The van der Waals surface area contributed by atoms with Crippen LogP contribution in [0, 0.1) is 13.8 Å². The number of carbonyl (C=O) groups is 1. The van der Waals surface area contributed by atoms with Crippen molar-refractivity contribution >= 4 is 27.8 Å². The van der Waals surface area contributed by atoms with E-state index in [0.717, 1.165) is 21.2 Å². The molecule has 0 aliphatic rings. The Morgan fingerprint density at radius 3 is 2.40 bits per heavy atom. The number of allylic oxidation sites excluding steroid dienone is 1. The Hall–Kier alpha value is -1.87. The number of phenols is 1. The van der Waals surface area contributed by atoms with E-state index >= 15 is 0 Å². The Kier molecular flexibility index (Phi) is 4.40. The van der Waals surface area contributed by atoms with Crippen molar-refractivity contribution in [2.45, 2.75) is 13.8 Å². The predicted octanol–water partition coefficient (Wildman–Crippen LogP) is 4.67. The van der Waals surface area contributed by atoms with Gasteiger partial charge in [0.05, 0.1) is 5.56 Å². The molecule has 20 heavy (non-hydrogen) atoms. The maximum Gasteiger partial charge on any atom is 0.189 e. The zero-order valence-corrected chi connectivity index (χ0v) is 12.9. The van der Waals surface area contributed by atoms with Crippen LogP contribution < -0.4 is 0 Å². The number of aryl methyl sites for hydroxylation is 1. The fourth-order valence-corrected chi connectivity index (χ4v) is 2.10. The lowest BCUT2D eigenvalue weighted by molar-refractivity contribution is 0.104. The van der Waals surface area contributed by atoms with Crippen molar-refractivity contribution in [2.24, 2.45) is 0 Å². The molecular weight excluding hydrogens is 316 g/mol. The molecule has 0 radical (unpaired) electrons. The summed E-state index contributed by atoms with van der Waals surface area (Å²) in [4.78, 5) is 12.1. The minimum Gasteiger partial charge on any atom is -0.507 e. The molecule has 0 fully saturated rings. The number of phenolic OH excluding ortho intramolecular Hbond substituents is 1. The van der Waals surface area contributed by atoms with Crippen LogP contribution in [0.25, 0.3) is 6.08 Å². The smallest absolute Gasteiger partial charge is 0.189 e. The summed E-state index contributed by atoms with van der Waals surface area (Å²) in [5, 5.41) is 10.0. The summed E-state index contributed by atoms with van der Waals surface area (Å²) in [6, 6.07) is 11.2. The Bertz CT molecular complexity index is 670. The van der Waals surface area contributed by atoms with E-state index < -0.39 is 0 Å². The second-order valence-corrected chi connectivity index (χ2v) is 5.57. The van der Waals surface area contributed by atoms with Crippen molar-refractivity contribution in [3.05, 3.63) is 69.2 Å². The summed E-state index contributed by atoms with van der Waals surface area (Å²) >= 11 is 3.36. The fourth-order valence-electron chi connectivity index (χ4n) is 1.84. The van der Waals surface area contributed by atoms with Crippen LogP contribution in [0.1, 0.15) is 27.0 Å². The van der Waals surface area contributed by atoms with Gasteiger partial charge >= 0.3 is 0 Å². The first kappa shape index (κ1) is 14.5. The van der Waals surface area contributed by atoms with Crippen molar-refractivity contribution in [3.8, 4) is 5.75 Å². The first-order valence-electron chi connectivity index (χ1n) is 6.26. The van der Waals surface area contributed by atoms with Crippen molar-refractivity contribution < 1.29 is 9.90 Å². The van der Waals surface area contributed by atoms with Crippen molar-refractivity contribution in [2.75, 3.05) is 0 Å². The average molecular weight is 331 g/mol. The van der Waals surface area contributed by atoms with Crippen LogP contribution in [0.4, 0.5) is 0 Å². The van der Waals surface area contributed by atoms with E-state index in [0.29, 0.717) is 5.56 Å². The zero-order valence-electron chi connectivity index (χ0n) is 11.4. The molecule has 0 unspecified atom stereocenters. The van der Waals surface area contributed by atoms with Gasteiger partial charge in [-0.2, -0.15) is 0 Å². The lowest BCUT2D eigenvalue weighted by Gasteiger charge is -2.06. The molecule has 0 saturated heterocycles. The van der Waals surface area contributed by atoms with Gasteiger partial charge in [-0.05, 0) is 54.8 Å². The van der Waals surface area contributed by atoms with Crippen molar-refractivity contribution in [1.29, 1.82) is 0 Å². The van der Waals surface area contributed by atoms with Crippen LogP contribution in [0.5, 0.6) is 5.75 Å². The molecule has 0 saturated carbocycles. The Morgan fingerprint density at radius 2 is 1.75 bits per heavy atom. The number of hydrogen-bond acceptors (Lipinski definition) is 2. The molecule has 3 heteroatoms. The molecule has 2 aromatic rings. The van der Waals surface area contributed by atoms with Crippen molar-refractivity contribution in [3.63, 3.8) is 0 Å². The van der Waals surface area contributed by atoms with Gasteiger partial charge in [-0.25, -0.2) is 0 Å². The molecule has 0 spiro atoms. The molecule has 0 atom stereocenters. The summed E-state index contributed by atoms with van der Waals surface area (Å²) < 4.78 is 0.993. The summed E-state index contributed by atoms with van der Waals surface area (Å²) in [6.45, 7) is 3.71. The van der Waals surface area contributed by atoms with Crippen LogP contribution in [-0.2, 0) is 0 Å². The third kappa shape index (κ3) is 3.17. The van der Waals surface area contributed by atoms with Crippen LogP contribution in [0.3, 0.4) is 0 Å². The van der Waals surface area contributed by atoms with Gasteiger partial charge in [0.15, 0.2) is 5.78 Å². The van der Waals surface area contributed by atoms with Gasteiger partial charge in [-0.3, -0.25) is 4.79 Å². The first-order chi connectivity index (χ1) is 9.49. The molecule has 0 bridgehead atoms. The molecular formula is C17H15BrO2. The highest BCUT2D eigenvalue weighted by molar-refractivity contribution is 9.10. The standard InChI is InChI=1S/C17H15BrO2/c1-11-3-9-15(17(20)12(11)2)16(19)10-6-13-4-7-14(18)8-5-13/h3-10,20H,1-2H3. The topological polar surface area (TPSA) is 37.3 Å². The maximum absolute atomic E-state index is 12.1. The minimum absolute atomic E-state index is 0.0652.